The summed E-state index contributed by atoms with van der Waals surface area (Å²) in [6, 6.07) is 11.0. The van der Waals surface area contributed by atoms with Crippen LogP contribution in [0.25, 0.3) is 16.3 Å². The quantitative estimate of drug-likeness (QED) is 0.605. The maximum atomic E-state index is 13.2. The zero-order chi connectivity index (χ0) is 19.6. The summed E-state index contributed by atoms with van der Waals surface area (Å²) in [4.78, 5) is 14.8. The van der Waals surface area contributed by atoms with Crippen LogP contribution in [0.3, 0.4) is 0 Å². The van der Waals surface area contributed by atoms with Crippen molar-refractivity contribution >= 4 is 17.2 Å². The first-order chi connectivity index (χ1) is 12.8. The van der Waals surface area contributed by atoms with Gasteiger partial charge in [0.05, 0.1) is 16.3 Å². The van der Waals surface area contributed by atoms with Gasteiger partial charge in [0.25, 0.3) is 5.91 Å². The molecule has 0 spiro atoms. The average molecular weight is 393 g/mol. The Hall–Kier alpha value is -2.61. The van der Waals surface area contributed by atoms with E-state index >= 15 is 0 Å². The molecular formula is C19H18F3N3OS. The van der Waals surface area contributed by atoms with Gasteiger partial charge < -0.3 is 4.90 Å². The summed E-state index contributed by atoms with van der Waals surface area (Å²) in [5, 5.41) is 5.55. The second kappa shape index (κ2) is 7.56. The molecule has 0 radical (unpaired) electrons. The molecule has 4 nitrogen and oxygen atoms in total. The number of carbonyl (C=O) groups is 1. The van der Waals surface area contributed by atoms with Crippen molar-refractivity contribution in [3.63, 3.8) is 0 Å². The standard InChI is InChI=1S/C19H18F3N3OS/c1-3-24(4-2)18(26)13-7-9-14(10-8-13)25-15(16-6-5-11-27-16)12-17(23-25)19(20,21)22/h5-12H,3-4H2,1-2H3. The van der Waals surface area contributed by atoms with E-state index in [2.05, 4.69) is 5.10 Å². The minimum atomic E-state index is -4.53. The van der Waals surface area contributed by atoms with Crippen LogP contribution in [0.2, 0.25) is 0 Å². The van der Waals surface area contributed by atoms with Crippen molar-refractivity contribution in [2.75, 3.05) is 13.1 Å². The lowest BCUT2D eigenvalue weighted by atomic mass is 10.1. The Morgan fingerprint density at radius 1 is 1.15 bits per heavy atom. The van der Waals surface area contributed by atoms with E-state index in [4.69, 9.17) is 0 Å². The van der Waals surface area contributed by atoms with Crippen molar-refractivity contribution < 1.29 is 18.0 Å². The molecule has 3 aromatic rings. The minimum absolute atomic E-state index is 0.110. The number of thiophene rings is 1. The van der Waals surface area contributed by atoms with E-state index in [0.717, 1.165) is 6.07 Å². The number of hydrogen-bond acceptors (Lipinski definition) is 3. The number of rotatable bonds is 5. The summed E-state index contributed by atoms with van der Waals surface area (Å²) in [6.45, 7) is 4.97. The number of benzene rings is 1. The van der Waals surface area contributed by atoms with Crippen LogP contribution in [0, 0.1) is 0 Å². The first kappa shape index (κ1) is 19.2. The van der Waals surface area contributed by atoms with Gasteiger partial charge in [0, 0.05) is 18.7 Å². The van der Waals surface area contributed by atoms with Gasteiger partial charge in [0.15, 0.2) is 5.69 Å². The van der Waals surface area contributed by atoms with Crippen molar-refractivity contribution in [1.82, 2.24) is 14.7 Å². The summed E-state index contributed by atoms with van der Waals surface area (Å²) < 4.78 is 40.7. The summed E-state index contributed by atoms with van der Waals surface area (Å²) in [5.74, 6) is -0.110. The largest absolute Gasteiger partial charge is 0.435 e. The van der Waals surface area contributed by atoms with Gasteiger partial charge in [-0.3, -0.25) is 4.79 Å². The van der Waals surface area contributed by atoms with Crippen molar-refractivity contribution in [3.8, 4) is 16.3 Å². The molecule has 0 aliphatic carbocycles. The molecule has 2 aromatic heterocycles. The second-order valence-electron chi connectivity index (χ2n) is 5.83. The van der Waals surface area contributed by atoms with Crippen LogP contribution in [0.4, 0.5) is 13.2 Å². The normalized spacial score (nSPS) is 11.6. The zero-order valence-corrected chi connectivity index (χ0v) is 15.6. The van der Waals surface area contributed by atoms with E-state index < -0.39 is 11.9 Å². The van der Waals surface area contributed by atoms with Gasteiger partial charge in [-0.1, -0.05) is 6.07 Å². The highest BCUT2D eigenvalue weighted by Gasteiger charge is 2.35. The van der Waals surface area contributed by atoms with Gasteiger partial charge in [-0.05, 0) is 55.6 Å². The minimum Gasteiger partial charge on any atom is -0.339 e. The molecular weight excluding hydrogens is 375 g/mol. The Morgan fingerprint density at radius 3 is 2.33 bits per heavy atom. The molecule has 0 aliphatic rings. The molecule has 0 saturated carbocycles. The predicted molar refractivity (Wildman–Crippen MR) is 99.1 cm³/mol. The maximum Gasteiger partial charge on any atom is 0.435 e. The van der Waals surface area contributed by atoms with Crippen molar-refractivity contribution in [3.05, 3.63) is 59.1 Å². The van der Waals surface area contributed by atoms with E-state index in [1.807, 2.05) is 13.8 Å². The van der Waals surface area contributed by atoms with Crippen LogP contribution in [-0.2, 0) is 6.18 Å². The third kappa shape index (κ3) is 3.90. The highest BCUT2D eigenvalue weighted by Crippen LogP contribution is 2.34. The Kier molecular flexibility index (Phi) is 5.36. The zero-order valence-electron chi connectivity index (χ0n) is 14.8. The molecule has 0 N–H and O–H groups in total. The third-order valence-corrected chi connectivity index (χ3v) is 5.08. The van der Waals surface area contributed by atoms with Crippen molar-refractivity contribution in [2.24, 2.45) is 0 Å². The van der Waals surface area contributed by atoms with Crippen LogP contribution in [0.5, 0.6) is 0 Å². The fraction of sp³-hybridized carbons (Fsp3) is 0.263. The van der Waals surface area contributed by atoms with Crippen LogP contribution in [0.15, 0.2) is 47.8 Å². The summed E-state index contributed by atoms with van der Waals surface area (Å²) in [7, 11) is 0. The van der Waals surface area contributed by atoms with E-state index in [9.17, 15) is 18.0 Å². The fourth-order valence-electron chi connectivity index (χ4n) is 2.75. The Balaban J connectivity index is 2.01. The lowest BCUT2D eigenvalue weighted by Gasteiger charge is -2.18. The number of carbonyl (C=O) groups excluding carboxylic acids is 1. The fourth-order valence-corrected chi connectivity index (χ4v) is 3.48. The van der Waals surface area contributed by atoms with Gasteiger partial charge in [-0.25, -0.2) is 4.68 Å². The van der Waals surface area contributed by atoms with E-state index in [0.29, 0.717) is 34.9 Å². The number of alkyl halides is 3. The lowest BCUT2D eigenvalue weighted by molar-refractivity contribution is -0.141. The van der Waals surface area contributed by atoms with E-state index in [-0.39, 0.29) is 5.91 Å². The van der Waals surface area contributed by atoms with Gasteiger partial charge in [0.1, 0.15) is 0 Å². The lowest BCUT2D eigenvalue weighted by Crippen LogP contribution is -2.30. The molecule has 0 saturated heterocycles. The number of amides is 1. The highest BCUT2D eigenvalue weighted by atomic mass is 32.1. The second-order valence-corrected chi connectivity index (χ2v) is 6.77. The summed E-state index contributed by atoms with van der Waals surface area (Å²) in [6.07, 6.45) is -4.53. The summed E-state index contributed by atoms with van der Waals surface area (Å²) >= 11 is 1.34. The van der Waals surface area contributed by atoms with Gasteiger partial charge in [-0.15, -0.1) is 11.3 Å². The molecule has 27 heavy (non-hydrogen) atoms. The van der Waals surface area contributed by atoms with Crippen LogP contribution < -0.4 is 0 Å². The van der Waals surface area contributed by atoms with Crippen molar-refractivity contribution in [1.29, 1.82) is 0 Å². The van der Waals surface area contributed by atoms with Gasteiger partial charge in [0.2, 0.25) is 0 Å². The monoisotopic (exact) mass is 393 g/mol. The number of halogens is 3. The molecule has 1 aromatic carbocycles. The molecule has 1 amide bonds. The molecule has 2 heterocycles. The molecule has 0 bridgehead atoms. The maximum absolute atomic E-state index is 13.2. The number of hydrogen-bond donors (Lipinski definition) is 0. The Morgan fingerprint density at radius 2 is 1.81 bits per heavy atom. The molecule has 8 heteroatoms. The first-order valence-electron chi connectivity index (χ1n) is 8.46. The highest BCUT2D eigenvalue weighted by molar-refractivity contribution is 7.13. The van der Waals surface area contributed by atoms with Gasteiger partial charge >= 0.3 is 6.18 Å². The molecule has 0 aliphatic heterocycles. The molecule has 142 valence electrons. The molecule has 3 rings (SSSR count). The van der Waals surface area contributed by atoms with Crippen molar-refractivity contribution in [2.45, 2.75) is 20.0 Å². The smallest absolute Gasteiger partial charge is 0.339 e. The van der Waals surface area contributed by atoms with E-state index in [1.165, 1.54) is 16.0 Å². The molecule has 0 fully saturated rings. The Labute approximate surface area is 158 Å². The Bertz CT molecular complexity index is 911. The summed E-state index contributed by atoms with van der Waals surface area (Å²) in [5.41, 5.74) is 0.364. The van der Waals surface area contributed by atoms with Crippen LogP contribution in [0.1, 0.15) is 29.9 Å². The number of aromatic nitrogens is 2. The average Bonchev–Trinajstić information content (AvgIpc) is 3.32. The third-order valence-electron chi connectivity index (χ3n) is 4.18. The SMILES string of the molecule is CCN(CC)C(=O)c1ccc(-n2nc(C(F)(F)F)cc2-c2cccs2)cc1. The topological polar surface area (TPSA) is 38.1 Å². The molecule has 0 unspecified atom stereocenters. The van der Waals surface area contributed by atoms with Crippen LogP contribution >= 0.6 is 11.3 Å². The number of nitrogens with zero attached hydrogens (tertiary/aromatic N) is 3. The molecule has 0 atom stereocenters. The predicted octanol–water partition coefficient (Wildman–Crippen LogP) is 5.10. The first-order valence-corrected chi connectivity index (χ1v) is 9.34. The van der Waals surface area contributed by atoms with Crippen LogP contribution in [-0.4, -0.2) is 33.7 Å². The van der Waals surface area contributed by atoms with E-state index in [1.54, 1.807) is 46.7 Å². The van der Waals surface area contributed by atoms with Gasteiger partial charge in [-0.2, -0.15) is 18.3 Å².